The van der Waals surface area contributed by atoms with Crippen LogP contribution in [0, 0.1) is 6.92 Å². The van der Waals surface area contributed by atoms with Crippen molar-refractivity contribution >= 4 is 11.7 Å². The number of benzene rings is 1. The van der Waals surface area contributed by atoms with Gasteiger partial charge in [-0.2, -0.15) is 0 Å². The third-order valence-corrected chi connectivity index (χ3v) is 3.67. The van der Waals surface area contributed by atoms with Crippen molar-refractivity contribution in [2.45, 2.75) is 45.7 Å². The molecule has 1 aromatic rings. The number of methoxy groups -OCH3 is 1. The number of esters is 1. The molecule has 1 N–H and O–H groups in total. The molecular weight excluding hydrogens is 264 g/mol. The van der Waals surface area contributed by atoms with Crippen LogP contribution in [0.1, 0.15) is 32.8 Å². The predicted molar refractivity (Wildman–Crippen MR) is 87.8 cm³/mol. The van der Waals surface area contributed by atoms with E-state index < -0.39 is 5.54 Å². The molecule has 4 heteroatoms. The van der Waals surface area contributed by atoms with Crippen molar-refractivity contribution < 1.29 is 9.53 Å². The molecule has 118 valence electrons. The molecule has 0 aliphatic heterocycles. The van der Waals surface area contributed by atoms with E-state index in [9.17, 15) is 4.79 Å². The second-order valence-electron chi connectivity index (χ2n) is 6.13. The zero-order valence-electron chi connectivity index (χ0n) is 14.1. The molecule has 21 heavy (non-hydrogen) atoms. The molecule has 0 saturated carbocycles. The summed E-state index contributed by atoms with van der Waals surface area (Å²) >= 11 is 0. The van der Waals surface area contributed by atoms with E-state index in [0.717, 1.165) is 12.2 Å². The monoisotopic (exact) mass is 292 g/mol. The van der Waals surface area contributed by atoms with E-state index in [1.165, 1.54) is 12.7 Å². The Bertz CT molecular complexity index is 456. The normalized spacial score (nSPS) is 13.9. The molecule has 0 aromatic heterocycles. The lowest BCUT2D eigenvalue weighted by Crippen LogP contribution is -2.54. The first kappa shape index (κ1) is 17.5. The Labute approximate surface area is 128 Å². The molecule has 0 fully saturated rings. The first-order valence-corrected chi connectivity index (χ1v) is 7.42. The van der Waals surface area contributed by atoms with E-state index >= 15 is 0 Å². The van der Waals surface area contributed by atoms with Crippen molar-refractivity contribution in [3.8, 4) is 0 Å². The molecule has 0 radical (unpaired) electrons. The van der Waals surface area contributed by atoms with Gasteiger partial charge in [0.05, 0.1) is 7.11 Å². The maximum Gasteiger partial charge on any atom is 0.325 e. The predicted octanol–water partition coefficient (Wildman–Crippen LogP) is 2.75. The van der Waals surface area contributed by atoms with Crippen molar-refractivity contribution in [2.75, 3.05) is 25.6 Å². The highest BCUT2D eigenvalue weighted by Crippen LogP contribution is 2.18. The number of hydrogen-bond acceptors (Lipinski definition) is 4. The molecule has 0 bridgehead atoms. The lowest BCUT2D eigenvalue weighted by Gasteiger charge is -2.32. The van der Waals surface area contributed by atoms with Gasteiger partial charge in [-0.3, -0.25) is 10.1 Å². The summed E-state index contributed by atoms with van der Waals surface area (Å²) in [5.41, 5.74) is 1.73. The van der Waals surface area contributed by atoms with E-state index in [-0.39, 0.29) is 12.0 Å². The van der Waals surface area contributed by atoms with Gasteiger partial charge in [0.25, 0.3) is 0 Å². The fraction of sp³-hybridized carbons (Fsp3) is 0.588. The fourth-order valence-corrected chi connectivity index (χ4v) is 2.42. The molecule has 0 saturated heterocycles. The topological polar surface area (TPSA) is 41.6 Å². The van der Waals surface area contributed by atoms with E-state index in [1.807, 2.05) is 27.8 Å². The second kappa shape index (κ2) is 7.46. The Balaban J connectivity index is 2.72. The zero-order chi connectivity index (χ0) is 16.0. The molecule has 0 amide bonds. The van der Waals surface area contributed by atoms with Crippen molar-refractivity contribution in [3.63, 3.8) is 0 Å². The Hall–Kier alpha value is -1.55. The quantitative estimate of drug-likeness (QED) is 0.785. The number of carbonyl (C=O) groups excluding carboxylic acids is 1. The summed E-state index contributed by atoms with van der Waals surface area (Å²) in [6.45, 7) is 8.82. The van der Waals surface area contributed by atoms with Crippen LogP contribution in [0.2, 0.25) is 0 Å². The van der Waals surface area contributed by atoms with Crippen LogP contribution in [0.4, 0.5) is 5.69 Å². The van der Waals surface area contributed by atoms with Crippen LogP contribution in [0.25, 0.3) is 0 Å². The van der Waals surface area contributed by atoms with Crippen LogP contribution in [0.5, 0.6) is 0 Å². The van der Waals surface area contributed by atoms with Crippen LogP contribution in [-0.2, 0) is 9.53 Å². The molecule has 1 rings (SSSR count). The van der Waals surface area contributed by atoms with E-state index in [1.54, 1.807) is 0 Å². The largest absolute Gasteiger partial charge is 0.468 e. The van der Waals surface area contributed by atoms with Gasteiger partial charge in [-0.05, 0) is 46.2 Å². The fourth-order valence-electron chi connectivity index (χ4n) is 2.42. The third-order valence-electron chi connectivity index (χ3n) is 3.67. The maximum atomic E-state index is 12.1. The van der Waals surface area contributed by atoms with Crippen molar-refractivity contribution in [1.82, 2.24) is 5.32 Å². The highest BCUT2D eigenvalue weighted by molar-refractivity contribution is 5.80. The van der Waals surface area contributed by atoms with E-state index in [4.69, 9.17) is 4.74 Å². The summed E-state index contributed by atoms with van der Waals surface area (Å²) in [7, 11) is 3.48. The second-order valence-corrected chi connectivity index (χ2v) is 6.13. The van der Waals surface area contributed by atoms with Crippen molar-refractivity contribution in [3.05, 3.63) is 29.8 Å². The number of carbonyl (C=O) groups is 1. The number of aryl methyl sites for hydroxylation is 1. The van der Waals surface area contributed by atoms with Gasteiger partial charge in [-0.15, -0.1) is 0 Å². The molecular formula is C17H28N2O2. The molecule has 1 aromatic carbocycles. The summed E-state index contributed by atoms with van der Waals surface area (Å²) in [4.78, 5) is 14.2. The van der Waals surface area contributed by atoms with Gasteiger partial charge in [-0.25, -0.2) is 0 Å². The minimum absolute atomic E-state index is 0.214. The van der Waals surface area contributed by atoms with Crippen LogP contribution < -0.4 is 10.2 Å². The lowest BCUT2D eigenvalue weighted by molar-refractivity contribution is -0.148. The van der Waals surface area contributed by atoms with Gasteiger partial charge in [0.15, 0.2) is 0 Å². The first-order chi connectivity index (χ1) is 9.78. The van der Waals surface area contributed by atoms with Gasteiger partial charge in [0.2, 0.25) is 0 Å². The number of anilines is 1. The van der Waals surface area contributed by atoms with Gasteiger partial charge in [-0.1, -0.05) is 17.7 Å². The minimum Gasteiger partial charge on any atom is -0.468 e. The SMILES string of the molecule is COC(=O)C(C)(CCN(C)c1ccc(C)cc1)NC(C)C. The smallest absolute Gasteiger partial charge is 0.325 e. The number of nitrogens with zero attached hydrogens (tertiary/aromatic N) is 1. The van der Waals surface area contributed by atoms with Gasteiger partial charge >= 0.3 is 5.97 Å². The summed E-state index contributed by atoms with van der Waals surface area (Å²) in [6.07, 6.45) is 0.683. The molecule has 0 aliphatic carbocycles. The molecule has 0 heterocycles. The Morgan fingerprint density at radius 1 is 1.33 bits per heavy atom. The summed E-state index contributed by atoms with van der Waals surface area (Å²) in [5.74, 6) is -0.214. The summed E-state index contributed by atoms with van der Waals surface area (Å²) in [6, 6.07) is 8.61. The Morgan fingerprint density at radius 3 is 2.38 bits per heavy atom. The number of ether oxygens (including phenoxy) is 1. The molecule has 1 unspecified atom stereocenters. The first-order valence-electron chi connectivity index (χ1n) is 7.42. The molecule has 1 atom stereocenters. The Morgan fingerprint density at radius 2 is 1.90 bits per heavy atom. The van der Waals surface area contributed by atoms with Gasteiger partial charge in [0, 0.05) is 25.3 Å². The standard InChI is InChI=1S/C17H28N2O2/c1-13(2)18-17(4,16(20)21-6)11-12-19(5)15-9-7-14(3)8-10-15/h7-10,13,18H,11-12H2,1-6H3. The number of rotatable bonds is 7. The molecule has 4 nitrogen and oxygen atoms in total. The third kappa shape index (κ3) is 5.05. The maximum absolute atomic E-state index is 12.1. The molecule has 0 aliphatic rings. The lowest BCUT2D eigenvalue weighted by atomic mass is 9.96. The summed E-state index contributed by atoms with van der Waals surface area (Å²) < 4.78 is 4.95. The number of nitrogens with one attached hydrogen (secondary N) is 1. The average molecular weight is 292 g/mol. The Kier molecular flexibility index (Phi) is 6.21. The average Bonchev–Trinajstić information content (AvgIpc) is 2.44. The van der Waals surface area contributed by atoms with Crippen molar-refractivity contribution in [2.24, 2.45) is 0 Å². The van der Waals surface area contributed by atoms with E-state index in [0.29, 0.717) is 6.42 Å². The zero-order valence-corrected chi connectivity index (χ0v) is 14.1. The van der Waals surface area contributed by atoms with Crippen LogP contribution in [0.15, 0.2) is 24.3 Å². The minimum atomic E-state index is -0.665. The van der Waals surface area contributed by atoms with Crippen LogP contribution >= 0.6 is 0 Å². The van der Waals surface area contributed by atoms with Crippen molar-refractivity contribution in [1.29, 1.82) is 0 Å². The van der Waals surface area contributed by atoms with E-state index in [2.05, 4.69) is 41.4 Å². The highest BCUT2D eigenvalue weighted by Gasteiger charge is 2.34. The number of hydrogen-bond donors (Lipinski definition) is 1. The van der Waals surface area contributed by atoms with Crippen LogP contribution in [0.3, 0.4) is 0 Å². The van der Waals surface area contributed by atoms with Gasteiger partial charge in [0.1, 0.15) is 5.54 Å². The van der Waals surface area contributed by atoms with Crippen LogP contribution in [-0.4, -0.2) is 38.3 Å². The molecule has 0 spiro atoms. The highest BCUT2D eigenvalue weighted by atomic mass is 16.5. The van der Waals surface area contributed by atoms with Gasteiger partial charge < -0.3 is 9.64 Å². The summed E-state index contributed by atoms with van der Waals surface area (Å²) in [5, 5.41) is 3.32.